The second-order valence-electron chi connectivity index (χ2n) is 4.03. The minimum Gasteiger partial charge on any atom is -0.480 e. The number of carboxylic acid groups (broad SMARTS) is 1. The summed E-state index contributed by atoms with van der Waals surface area (Å²) in [6.45, 7) is 0. The van der Waals surface area contributed by atoms with Crippen LogP contribution in [0.15, 0.2) is 15.7 Å². The Hall–Kier alpha value is -2.03. The molecule has 20 heavy (non-hydrogen) atoms. The number of carbonyl (C=O) groups excluding carboxylic acids is 1. The molecule has 1 heterocycles. The molecule has 1 aromatic heterocycles. The maximum Gasteiger partial charge on any atom is 0.326 e. The van der Waals surface area contributed by atoms with Gasteiger partial charge in [0.1, 0.15) is 6.04 Å². The summed E-state index contributed by atoms with van der Waals surface area (Å²) in [5, 5.41) is 11.3. The Bertz CT molecular complexity index is 566. The molecule has 1 aromatic rings. The number of carbonyl (C=O) groups is 2. The summed E-state index contributed by atoms with van der Waals surface area (Å²) >= 11 is 1.47. The van der Waals surface area contributed by atoms with E-state index in [0.29, 0.717) is 12.2 Å². The van der Waals surface area contributed by atoms with Gasteiger partial charge in [-0.25, -0.2) is 9.59 Å². The molecule has 0 fully saturated rings. The highest BCUT2D eigenvalue weighted by Gasteiger charge is 2.19. The summed E-state index contributed by atoms with van der Waals surface area (Å²) in [4.78, 5) is 49.0. The van der Waals surface area contributed by atoms with E-state index in [-0.39, 0.29) is 12.1 Å². The summed E-state index contributed by atoms with van der Waals surface area (Å²) in [5.74, 6) is -1.09. The first-order chi connectivity index (χ1) is 9.42. The second-order valence-corrected chi connectivity index (χ2v) is 5.02. The van der Waals surface area contributed by atoms with Crippen LogP contribution in [0.5, 0.6) is 0 Å². The molecule has 1 rings (SSSR count). The lowest BCUT2D eigenvalue weighted by atomic mass is 10.2. The van der Waals surface area contributed by atoms with Crippen molar-refractivity contribution in [3.63, 3.8) is 0 Å². The van der Waals surface area contributed by atoms with Crippen molar-refractivity contribution in [2.75, 3.05) is 12.0 Å². The normalized spacial score (nSPS) is 11.8. The smallest absolute Gasteiger partial charge is 0.326 e. The van der Waals surface area contributed by atoms with Crippen molar-refractivity contribution in [1.82, 2.24) is 15.3 Å². The number of aromatic nitrogens is 2. The molecule has 0 aromatic carbocycles. The van der Waals surface area contributed by atoms with Crippen LogP contribution in [0, 0.1) is 0 Å². The highest BCUT2D eigenvalue weighted by molar-refractivity contribution is 7.98. The molecule has 0 radical (unpaired) electrons. The monoisotopic (exact) mass is 301 g/mol. The van der Waals surface area contributed by atoms with Gasteiger partial charge in [0.15, 0.2) is 0 Å². The van der Waals surface area contributed by atoms with Crippen molar-refractivity contribution in [3.05, 3.63) is 32.6 Å². The number of thioether (sulfide) groups is 1. The highest BCUT2D eigenvalue weighted by Crippen LogP contribution is 2.01. The van der Waals surface area contributed by atoms with Crippen LogP contribution < -0.4 is 16.6 Å². The zero-order chi connectivity index (χ0) is 15.1. The number of H-pyrrole nitrogens is 2. The Balaban J connectivity index is 2.67. The topological polar surface area (TPSA) is 132 Å². The van der Waals surface area contributed by atoms with Crippen LogP contribution in [-0.4, -0.2) is 45.0 Å². The molecule has 1 unspecified atom stereocenters. The highest BCUT2D eigenvalue weighted by atomic mass is 32.2. The van der Waals surface area contributed by atoms with E-state index in [2.05, 4.69) is 10.3 Å². The van der Waals surface area contributed by atoms with Gasteiger partial charge < -0.3 is 15.4 Å². The van der Waals surface area contributed by atoms with E-state index in [0.717, 1.165) is 6.07 Å². The van der Waals surface area contributed by atoms with Crippen LogP contribution in [0.25, 0.3) is 0 Å². The zero-order valence-electron chi connectivity index (χ0n) is 10.8. The molecular formula is C11H15N3O5S. The fourth-order valence-electron chi connectivity index (χ4n) is 1.53. The molecular weight excluding hydrogens is 286 g/mol. The van der Waals surface area contributed by atoms with Crippen LogP contribution in [-0.2, 0) is 16.0 Å². The van der Waals surface area contributed by atoms with E-state index in [1.54, 1.807) is 0 Å². The number of nitrogens with one attached hydrogen (secondary N) is 3. The Labute approximate surface area is 118 Å². The number of rotatable bonds is 7. The summed E-state index contributed by atoms with van der Waals surface area (Å²) in [6.07, 6.45) is 1.87. The number of hydrogen-bond donors (Lipinski definition) is 4. The van der Waals surface area contributed by atoms with Crippen LogP contribution in [0.2, 0.25) is 0 Å². The van der Waals surface area contributed by atoms with E-state index in [9.17, 15) is 19.2 Å². The second kappa shape index (κ2) is 7.53. The molecule has 8 nitrogen and oxygen atoms in total. The molecule has 4 N–H and O–H groups in total. The molecule has 0 saturated heterocycles. The fraction of sp³-hybridized carbons (Fsp3) is 0.455. The first-order valence-electron chi connectivity index (χ1n) is 5.76. The lowest BCUT2D eigenvalue weighted by Crippen LogP contribution is -2.42. The van der Waals surface area contributed by atoms with Crippen LogP contribution in [0.3, 0.4) is 0 Å². The maximum absolute atomic E-state index is 11.7. The largest absolute Gasteiger partial charge is 0.480 e. The van der Waals surface area contributed by atoms with Crippen LogP contribution in [0.1, 0.15) is 12.1 Å². The van der Waals surface area contributed by atoms with E-state index in [1.807, 2.05) is 11.2 Å². The van der Waals surface area contributed by atoms with Gasteiger partial charge in [0.25, 0.3) is 5.56 Å². The minimum atomic E-state index is -1.12. The average Bonchev–Trinajstić information content (AvgIpc) is 2.32. The van der Waals surface area contributed by atoms with Crippen molar-refractivity contribution >= 4 is 23.6 Å². The average molecular weight is 301 g/mol. The summed E-state index contributed by atoms with van der Waals surface area (Å²) < 4.78 is 0. The van der Waals surface area contributed by atoms with Gasteiger partial charge in [-0.3, -0.25) is 14.6 Å². The predicted octanol–water partition coefficient (Wildman–Crippen LogP) is -1.07. The van der Waals surface area contributed by atoms with Gasteiger partial charge in [0.05, 0.1) is 6.42 Å². The Kier molecular flexibility index (Phi) is 6.04. The van der Waals surface area contributed by atoms with Crippen molar-refractivity contribution < 1.29 is 14.7 Å². The summed E-state index contributed by atoms with van der Waals surface area (Å²) in [6, 6.07) is 0.0993. The summed E-state index contributed by atoms with van der Waals surface area (Å²) in [5.41, 5.74) is -1.20. The molecule has 0 aliphatic rings. The molecule has 1 amide bonds. The molecule has 0 saturated carbocycles. The van der Waals surface area contributed by atoms with Gasteiger partial charge >= 0.3 is 11.7 Å². The molecule has 0 spiro atoms. The van der Waals surface area contributed by atoms with Crippen molar-refractivity contribution in [1.29, 1.82) is 0 Å². The first kappa shape index (κ1) is 16.0. The van der Waals surface area contributed by atoms with Gasteiger partial charge in [-0.1, -0.05) is 0 Å². The third-order valence-electron chi connectivity index (χ3n) is 2.41. The molecule has 1 atom stereocenters. The quantitative estimate of drug-likeness (QED) is 0.507. The molecule has 9 heteroatoms. The maximum atomic E-state index is 11.7. The van der Waals surface area contributed by atoms with E-state index in [4.69, 9.17) is 5.11 Å². The SMILES string of the molecule is CSCCC(NC(=O)Cc1cc(=O)[nH]c(=O)[nH]1)C(=O)O. The van der Waals surface area contributed by atoms with Gasteiger partial charge in [-0.15, -0.1) is 0 Å². The third-order valence-corrected chi connectivity index (χ3v) is 3.06. The van der Waals surface area contributed by atoms with Crippen LogP contribution in [0.4, 0.5) is 0 Å². The first-order valence-corrected chi connectivity index (χ1v) is 7.15. The molecule has 0 aliphatic carbocycles. The third kappa shape index (κ3) is 5.31. The lowest BCUT2D eigenvalue weighted by Gasteiger charge is -2.13. The van der Waals surface area contributed by atoms with Crippen LogP contribution >= 0.6 is 11.8 Å². The van der Waals surface area contributed by atoms with Crippen molar-refractivity contribution in [3.8, 4) is 0 Å². The molecule has 0 bridgehead atoms. The van der Waals surface area contributed by atoms with E-state index in [1.165, 1.54) is 11.8 Å². The summed E-state index contributed by atoms with van der Waals surface area (Å²) in [7, 11) is 0. The van der Waals surface area contributed by atoms with Gasteiger partial charge in [-0.05, 0) is 18.4 Å². The number of aliphatic carboxylic acids is 1. The number of amides is 1. The van der Waals surface area contributed by atoms with Gasteiger partial charge in [0, 0.05) is 11.8 Å². The minimum absolute atomic E-state index is 0.130. The zero-order valence-corrected chi connectivity index (χ0v) is 11.6. The number of carboxylic acids is 1. The lowest BCUT2D eigenvalue weighted by molar-refractivity contribution is -0.141. The van der Waals surface area contributed by atoms with E-state index >= 15 is 0 Å². The van der Waals surface area contributed by atoms with Gasteiger partial charge in [0.2, 0.25) is 5.91 Å². The Morgan fingerprint density at radius 2 is 2.10 bits per heavy atom. The van der Waals surface area contributed by atoms with Gasteiger partial charge in [-0.2, -0.15) is 11.8 Å². The van der Waals surface area contributed by atoms with Crippen molar-refractivity contribution in [2.45, 2.75) is 18.9 Å². The predicted molar refractivity (Wildman–Crippen MR) is 74.0 cm³/mol. The number of aromatic amines is 2. The number of hydrogen-bond acceptors (Lipinski definition) is 5. The van der Waals surface area contributed by atoms with Crippen molar-refractivity contribution in [2.24, 2.45) is 0 Å². The standard InChI is InChI=1S/C11H15N3O5S/c1-20-3-2-7(10(17)18)13-8(15)4-6-5-9(16)14-11(19)12-6/h5,7H,2-4H2,1H3,(H,13,15)(H,17,18)(H2,12,14,16,19). The molecule has 110 valence electrons. The Morgan fingerprint density at radius 3 is 2.65 bits per heavy atom. The fourth-order valence-corrected chi connectivity index (χ4v) is 2.00. The molecule has 0 aliphatic heterocycles. The van der Waals surface area contributed by atoms with E-state index < -0.39 is 29.2 Å². The Morgan fingerprint density at radius 1 is 1.40 bits per heavy atom.